The minimum absolute atomic E-state index is 0.0129. The summed E-state index contributed by atoms with van der Waals surface area (Å²) >= 11 is 0. The molecule has 2 atom stereocenters. The lowest BCUT2D eigenvalue weighted by atomic mass is 10.0. The van der Waals surface area contributed by atoms with Crippen LogP contribution in [-0.2, 0) is 0 Å². The number of hydrogen-bond acceptors (Lipinski definition) is 2. The first-order chi connectivity index (χ1) is 8.99. The molecule has 19 heavy (non-hydrogen) atoms. The molecule has 0 bridgehead atoms. The molecule has 0 aliphatic rings. The Balaban J connectivity index is 2.75. The zero-order valence-corrected chi connectivity index (χ0v) is 12.7. The van der Waals surface area contributed by atoms with Gasteiger partial charge in [0.15, 0.2) is 0 Å². The maximum absolute atomic E-state index is 12.2. The van der Waals surface area contributed by atoms with Gasteiger partial charge in [0, 0.05) is 23.8 Å². The van der Waals surface area contributed by atoms with Crippen LogP contribution in [0, 0.1) is 12.8 Å². The number of amides is 1. The van der Waals surface area contributed by atoms with Crippen molar-refractivity contribution in [2.75, 3.05) is 11.9 Å². The molecule has 0 saturated carbocycles. The second-order valence-corrected chi connectivity index (χ2v) is 5.21. The zero-order chi connectivity index (χ0) is 14.4. The highest BCUT2D eigenvalue weighted by atomic mass is 16.1. The quantitative estimate of drug-likeness (QED) is 0.822. The van der Waals surface area contributed by atoms with Gasteiger partial charge in [-0.15, -0.1) is 0 Å². The van der Waals surface area contributed by atoms with E-state index in [9.17, 15) is 4.79 Å². The molecule has 2 unspecified atom stereocenters. The summed E-state index contributed by atoms with van der Waals surface area (Å²) in [4.78, 5) is 12.2. The number of anilines is 1. The molecule has 0 saturated heterocycles. The van der Waals surface area contributed by atoms with Gasteiger partial charge < -0.3 is 10.6 Å². The Labute approximate surface area is 116 Å². The van der Waals surface area contributed by atoms with Crippen molar-refractivity contribution in [3.8, 4) is 0 Å². The van der Waals surface area contributed by atoms with Gasteiger partial charge in [0.1, 0.15) is 0 Å². The van der Waals surface area contributed by atoms with Crippen LogP contribution >= 0.6 is 0 Å². The van der Waals surface area contributed by atoms with Crippen LogP contribution in [0.1, 0.15) is 50.0 Å². The van der Waals surface area contributed by atoms with Crippen molar-refractivity contribution in [1.82, 2.24) is 5.32 Å². The summed E-state index contributed by atoms with van der Waals surface area (Å²) in [5, 5.41) is 6.34. The lowest BCUT2D eigenvalue weighted by molar-refractivity contribution is 0.0928. The van der Waals surface area contributed by atoms with Gasteiger partial charge in [-0.05, 0) is 50.5 Å². The molecule has 0 radical (unpaired) electrons. The third kappa shape index (κ3) is 4.27. The summed E-state index contributed by atoms with van der Waals surface area (Å²) in [6, 6.07) is 5.99. The van der Waals surface area contributed by atoms with Gasteiger partial charge in [-0.3, -0.25) is 4.79 Å². The standard InChI is InChI=1S/C16H26N2O/c1-6-11(3)13(5)18-16(19)14-8-9-15(17-7-2)12(4)10-14/h8-11,13,17H,6-7H2,1-5H3,(H,18,19). The molecule has 3 nitrogen and oxygen atoms in total. The van der Waals surface area contributed by atoms with E-state index in [4.69, 9.17) is 0 Å². The molecule has 106 valence electrons. The largest absolute Gasteiger partial charge is 0.385 e. The Bertz CT molecular complexity index is 429. The van der Waals surface area contributed by atoms with E-state index in [1.165, 1.54) is 0 Å². The lowest BCUT2D eigenvalue weighted by Crippen LogP contribution is -2.36. The fourth-order valence-electron chi connectivity index (χ4n) is 1.98. The summed E-state index contributed by atoms with van der Waals surface area (Å²) in [7, 11) is 0. The van der Waals surface area contributed by atoms with Crippen molar-refractivity contribution in [2.45, 2.75) is 47.1 Å². The molecule has 0 aromatic heterocycles. The molecule has 1 aromatic rings. The first-order valence-electron chi connectivity index (χ1n) is 7.14. The van der Waals surface area contributed by atoms with Crippen LogP contribution in [0.5, 0.6) is 0 Å². The molecular weight excluding hydrogens is 236 g/mol. The van der Waals surface area contributed by atoms with E-state index in [1.54, 1.807) is 0 Å². The van der Waals surface area contributed by atoms with Gasteiger partial charge in [0.25, 0.3) is 5.91 Å². The van der Waals surface area contributed by atoms with Crippen LogP contribution in [0.4, 0.5) is 5.69 Å². The number of aryl methyl sites for hydroxylation is 1. The number of carbonyl (C=O) groups is 1. The third-order valence-electron chi connectivity index (χ3n) is 3.71. The van der Waals surface area contributed by atoms with Gasteiger partial charge in [-0.1, -0.05) is 20.3 Å². The summed E-state index contributed by atoms with van der Waals surface area (Å²) in [6.45, 7) is 11.3. The summed E-state index contributed by atoms with van der Waals surface area (Å²) in [5.41, 5.74) is 2.93. The zero-order valence-electron chi connectivity index (χ0n) is 12.7. The van der Waals surface area contributed by atoms with E-state index in [0.29, 0.717) is 5.92 Å². The molecule has 0 spiro atoms. The van der Waals surface area contributed by atoms with Gasteiger partial charge in [0.05, 0.1) is 0 Å². The van der Waals surface area contributed by atoms with E-state index in [1.807, 2.05) is 25.1 Å². The van der Waals surface area contributed by atoms with E-state index in [-0.39, 0.29) is 11.9 Å². The van der Waals surface area contributed by atoms with Gasteiger partial charge in [-0.2, -0.15) is 0 Å². The fourth-order valence-corrected chi connectivity index (χ4v) is 1.98. The van der Waals surface area contributed by atoms with Crippen molar-refractivity contribution in [1.29, 1.82) is 0 Å². The van der Waals surface area contributed by atoms with Crippen molar-refractivity contribution < 1.29 is 4.79 Å². The van der Waals surface area contributed by atoms with Gasteiger partial charge in [0.2, 0.25) is 0 Å². The molecule has 3 heteroatoms. The SMILES string of the molecule is CCNc1ccc(C(=O)NC(C)C(C)CC)cc1C. The summed E-state index contributed by atoms with van der Waals surface area (Å²) < 4.78 is 0. The summed E-state index contributed by atoms with van der Waals surface area (Å²) in [6.07, 6.45) is 1.07. The second kappa shape index (κ2) is 7.17. The highest BCUT2D eigenvalue weighted by Gasteiger charge is 2.14. The third-order valence-corrected chi connectivity index (χ3v) is 3.71. The van der Waals surface area contributed by atoms with Crippen molar-refractivity contribution >= 4 is 11.6 Å². The number of nitrogens with one attached hydrogen (secondary N) is 2. The molecule has 0 fully saturated rings. The first-order valence-corrected chi connectivity index (χ1v) is 7.14. The molecular formula is C16H26N2O. The Kier molecular flexibility index (Phi) is 5.87. The van der Waals surface area contributed by atoms with E-state index >= 15 is 0 Å². The maximum Gasteiger partial charge on any atom is 0.251 e. The van der Waals surface area contributed by atoms with Crippen LogP contribution in [0.25, 0.3) is 0 Å². The average Bonchev–Trinajstić information content (AvgIpc) is 2.40. The minimum Gasteiger partial charge on any atom is -0.385 e. The van der Waals surface area contributed by atoms with E-state index in [0.717, 1.165) is 29.8 Å². The van der Waals surface area contributed by atoms with Crippen LogP contribution < -0.4 is 10.6 Å². The molecule has 0 heterocycles. The smallest absolute Gasteiger partial charge is 0.251 e. The monoisotopic (exact) mass is 262 g/mol. The van der Waals surface area contributed by atoms with Crippen LogP contribution in [-0.4, -0.2) is 18.5 Å². The normalized spacial score (nSPS) is 13.7. The number of rotatable bonds is 6. The Morgan fingerprint density at radius 2 is 1.95 bits per heavy atom. The topological polar surface area (TPSA) is 41.1 Å². The Hall–Kier alpha value is -1.51. The lowest BCUT2D eigenvalue weighted by Gasteiger charge is -2.20. The molecule has 2 N–H and O–H groups in total. The summed E-state index contributed by atoms with van der Waals surface area (Å²) in [5.74, 6) is 0.505. The number of benzene rings is 1. The van der Waals surface area contributed by atoms with Crippen LogP contribution in [0.2, 0.25) is 0 Å². The molecule has 1 rings (SSSR count). The molecule has 1 amide bonds. The van der Waals surface area contributed by atoms with Gasteiger partial charge in [-0.25, -0.2) is 0 Å². The predicted molar refractivity (Wildman–Crippen MR) is 81.7 cm³/mol. The van der Waals surface area contributed by atoms with E-state index < -0.39 is 0 Å². The molecule has 0 aliphatic carbocycles. The molecule has 0 aliphatic heterocycles. The van der Waals surface area contributed by atoms with Crippen LogP contribution in [0.3, 0.4) is 0 Å². The van der Waals surface area contributed by atoms with E-state index in [2.05, 4.69) is 38.3 Å². The number of carbonyl (C=O) groups excluding carboxylic acids is 1. The Morgan fingerprint density at radius 1 is 1.26 bits per heavy atom. The predicted octanol–water partition coefficient (Wildman–Crippen LogP) is 3.59. The molecule has 1 aromatic carbocycles. The maximum atomic E-state index is 12.2. The highest BCUT2D eigenvalue weighted by molar-refractivity contribution is 5.95. The first kappa shape index (κ1) is 15.5. The Morgan fingerprint density at radius 3 is 2.47 bits per heavy atom. The van der Waals surface area contributed by atoms with Crippen molar-refractivity contribution in [2.24, 2.45) is 5.92 Å². The second-order valence-electron chi connectivity index (χ2n) is 5.21. The minimum atomic E-state index is 0.0129. The van der Waals surface area contributed by atoms with Crippen molar-refractivity contribution in [3.63, 3.8) is 0 Å². The van der Waals surface area contributed by atoms with Crippen LogP contribution in [0.15, 0.2) is 18.2 Å². The number of hydrogen-bond donors (Lipinski definition) is 2. The van der Waals surface area contributed by atoms with Crippen molar-refractivity contribution in [3.05, 3.63) is 29.3 Å². The van der Waals surface area contributed by atoms with Gasteiger partial charge >= 0.3 is 0 Å². The highest BCUT2D eigenvalue weighted by Crippen LogP contribution is 2.17. The fraction of sp³-hybridized carbons (Fsp3) is 0.562. The average molecular weight is 262 g/mol.